The summed E-state index contributed by atoms with van der Waals surface area (Å²) in [6, 6.07) is 7.26. The number of hydrogen-bond acceptors (Lipinski definition) is 5. The molecule has 2 amide bonds. The molecule has 0 spiro atoms. The molecule has 2 aromatic rings. The Labute approximate surface area is 181 Å². The van der Waals surface area contributed by atoms with E-state index in [4.69, 9.17) is 4.74 Å². The minimum atomic E-state index is -0.208. The van der Waals surface area contributed by atoms with Crippen LogP contribution in [0.15, 0.2) is 24.3 Å². The van der Waals surface area contributed by atoms with E-state index in [-0.39, 0.29) is 17.7 Å². The van der Waals surface area contributed by atoms with Crippen molar-refractivity contribution in [1.29, 1.82) is 0 Å². The molecule has 6 nitrogen and oxygen atoms in total. The molecule has 1 heterocycles. The molecule has 1 aromatic heterocycles. The van der Waals surface area contributed by atoms with Crippen molar-refractivity contribution >= 4 is 28.3 Å². The predicted octanol–water partition coefficient (Wildman–Crippen LogP) is 4.66. The maximum atomic E-state index is 13.0. The van der Waals surface area contributed by atoms with Gasteiger partial charge < -0.3 is 10.1 Å². The maximum Gasteiger partial charge on any atom is 0.257 e. The Morgan fingerprint density at radius 3 is 2.47 bits per heavy atom. The van der Waals surface area contributed by atoms with Crippen LogP contribution in [0, 0.1) is 0 Å². The summed E-state index contributed by atoms with van der Waals surface area (Å²) >= 11 is 1.49. The van der Waals surface area contributed by atoms with Crippen LogP contribution in [0.1, 0.15) is 78.2 Å². The van der Waals surface area contributed by atoms with Crippen LogP contribution in [0.3, 0.4) is 0 Å². The number of thiazole rings is 1. The number of aryl methyl sites for hydroxylation is 1. The quantitative estimate of drug-likeness (QED) is 0.680. The fraction of sp³-hybridized carbons (Fsp3) is 0.522. The minimum Gasteiger partial charge on any atom is -0.497 e. The van der Waals surface area contributed by atoms with Crippen LogP contribution in [0.2, 0.25) is 0 Å². The molecular weight excluding hydrogens is 398 g/mol. The van der Waals surface area contributed by atoms with Crippen LogP contribution in [0.5, 0.6) is 5.75 Å². The first-order valence-corrected chi connectivity index (χ1v) is 11.7. The van der Waals surface area contributed by atoms with Gasteiger partial charge in [0.05, 0.1) is 18.7 Å². The molecule has 0 bridgehead atoms. The minimum absolute atomic E-state index is 0.0983. The number of nitrogens with zero attached hydrogens (tertiary/aromatic N) is 1. The van der Waals surface area contributed by atoms with Gasteiger partial charge >= 0.3 is 0 Å². The molecular formula is C23H29N3O3S. The molecule has 160 valence electrons. The summed E-state index contributed by atoms with van der Waals surface area (Å²) in [5.41, 5.74) is 1.40. The van der Waals surface area contributed by atoms with Crippen LogP contribution >= 0.6 is 11.3 Å². The number of carbonyl (C=O) groups is 2. The second-order valence-corrected chi connectivity index (χ2v) is 9.24. The van der Waals surface area contributed by atoms with Gasteiger partial charge in [-0.1, -0.05) is 25.7 Å². The fourth-order valence-corrected chi connectivity index (χ4v) is 5.42. The number of methoxy groups -OCH3 is 1. The highest BCUT2D eigenvalue weighted by Crippen LogP contribution is 2.37. The maximum absolute atomic E-state index is 13.0. The number of amides is 2. The van der Waals surface area contributed by atoms with E-state index >= 15 is 0 Å². The van der Waals surface area contributed by atoms with E-state index < -0.39 is 0 Å². The zero-order valence-corrected chi connectivity index (χ0v) is 18.2. The van der Waals surface area contributed by atoms with Crippen molar-refractivity contribution in [2.24, 2.45) is 0 Å². The molecule has 0 saturated heterocycles. The molecule has 0 aliphatic heterocycles. The molecule has 1 saturated carbocycles. The molecule has 30 heavy (non-hydrogen) atoms. The van der Waals surface area contributed by atoms with E-state index in [1.165, 1.54) is 37.0 Å². The smallest absolute Gasteiger partial charge is 0.257 e. The van der Waals surface area contributed by atoms with Gasteiger partial charge in [-0.25, -0.2) is 4.98 Å². The number of anilines is 1. The third-order valence-corrected chi connectivity index (χ3v) is 7.09. The van der Waals surface area contributed by atoms with Gasteiger partial charge in [-0.15, -0.1) is 11.3 Å². The molecule has 1 unspecified atom stereocenters. The zero-order valence-electron chi connectivity index (χ0n) is 17.4. The van der Waals surface area contributed by atoms with Gasteiger partial charge in [0.25, 0.3) is 5.91 Å². The Kier molecular flexibility index (Phi) is 6.67. The lowest BCUT2D eigenvalue weighted by molar-refractivity contribution is -0.123. The molecule has 0 radical (unpaired) electrons. The normalized spacial score (nSPS) is 19.4. The number of hydrogen-bond donors (Lipinski definition) is 2. The predicted molar refractivity (Wildman–Crippen MR) is 118 cm³/mol. The average molecular weight is 428 g/mol. The standard InChI is InChI=1S/C23H29N3O3S/c1-29-17-13-11-15(12-14-17)21(27)26-23-25-20-18(9-6-10-19(20)30-23)22(28)24-16-7-4-2-3-5-8-16/h11-14,16,18H,2-10H2,1H3,(H,24,28)(H,25,26,27). The highest BCUT2D eigenvalue weighted by Gasteiger charge is 2.31. The number of carbonyl (C=O) groups excluding carboxylic acids is 2. The van der Waals surface area contributed by atoms with Crippen LogP contribution in [0.4, 0.5) is 5.13 Å². The summed E-state index contributed by atoms with van der Waals surface area (Å²) in [4.78, 5) is 31.4. The van der Waals surface area contributed by atoms with E-state index in [9.17, 15) is 9.59 Å². The van der Waals surface area contributed by atoms with Crippen molar-refractivity contribution < 1.29 is 14.3 Å². The molecule has 2 aliphatic carbocycles. The van der Waals surface area contributed by atoms with E-state index in [1.807, 2.05) is 0 Å². The Morgan fingerprint density at radius 1 is 1.03 bits per heavy atom. The molecule has 2 N–H and O–H groups in total. The van der Waals surface area contributed by atoms with Gasteiger partial charge in [0.2, 0.25) is 5.91 Å². The van der Waals surface area contributed by atoms with Gasteiger partial charge in [0, 0.05) is 16.5 Å². The second kappa shape index (κ2) is 9.60. The van der Waals surface area contributed by atoms with Gasteiger partial charge in [0.1, 0.15) is 5.75 Å². The monoisotopic (exact) mass is 427 g/mol. The summed E-state index contributed by atoms with van der Waals surface area (Å²) in [5.74, 6) is 0.392. The summed E-state index contributed by atoms with van der Waals surface area (Å²) in [5, 5.41) is 6.75. The summed E-state index contributed by atoms with van der Waals surface area (Å²) in [7, 11) is 1.59. The molecule has 2 aliphatic rings. The van der Waals surface area contributed by atoms with Gasteiger partial charge in [-0.2, -0.15) is 0 Å². The third-order valence-electron chi connectivity index (χ3n) is 6.04. The van der Waals surface area contributed by atoms with E-state index in [0.29, 0.717) is 22.5 Å². The van der Waals surface area contributed by atoms with Gasteiger partial charge in [0.15, 0.2) is 5.13 Å². The summed E-state index contributed by atoms with van der Waals surface area (Å²) in [6.07, 6.45) is 9.78. The van der Waals surface area contributed by atoms with Crippen molar-refractivity contribution in [2.45, 2.75) is 69.7 Å². The fourth-order valence-electron chi connectivity index (χ4n) is 4.36. The summed E-state index contributed by atoms with van der Waals surface area (Å²) < 4.78 is 5.14. The van der Waals surface area contributed by atoms with Crippen LogP contribution in [0.25, 0.3) is 0 Å². The molecule has 7 heteroatoms. The lowest BCUT2D eigenvalue weighted by atomic mass is 9.90. The number of ether oxygens (including phenoxy) is 1. The lowest BCUT2D eigenvalue weighted by Crippen LogP contribution is -2.38. The number of nitrogens with one attached hydrogen (secondary N) is 2. The topological polar surface area (TPSA) is 80.3 Å². The third kappa shape index (κ3) is 4.83. The van der Waals surface area contributed by atoms with Crippen molar-refractivity contribution in [3.63, 3.8) is 0 Å². The van der Waals surface area contributed by atoms with Crippen molar-refractivity contribution in [1.82, 2.24) is 10.3 Å². The van der Waals surface area contributed by atoms with E-state index in [0.717, 1.165) is 42.7 Å². The first-order valence-electron chi connectivity index (χ1n) is 10.9. The number of fused-ring (bicyclic) bond motifs is 1. The van der Waals surface area contributed by atoms with Crippen molar-refractivity contribution in [3.8, 4) is 5.75 Å². The van der Waals surface area contributed by atoms with Crippen molar-refractivity contribution in [2.75, 3.05) is 12.4 Å². The highest BCUT2D eigenvalue weighted by atomic mass is 32.1. The highest BCUT2D eigenvalue weighted by molar-refractivity contribution is 7.16. The van der Waals surface area contributed by atoms with Gasteiger partial charge in [-0.3, -0.25) is 14.9 Å². The van der Waals surface area contributed by atoms with E-state index in [1.54, 1.807) is 31.4 Å². The van der Waals surface area contributed by atoms with Crippen molar-refractivity contribution in [3.05, 3.63) is 40.4 Å². The van der Waals surface area contributed by atoms with E-state index in [2.05, 4.69) is 15.6 Å². The SMILES string of the molecule is COc1ccc(C(=O)Nc2nc3c(s2)CCCC3C(=O)NC2CCCCCC2)cc1. The number of benzene rings is 1. The zero-order chi connectivity index (χ0) is 20.9. The van der Waals surface area contributed by atoms with Crippen LogP contribution in [-0.2, 0) is 11.2 Å². The first kappa shape index (κ1) is 20.8. The molecule has 4 rings (SSSR count). The molecule has 1 aromatic carbocycles. The molecule has 1 fully saturated rings. The van der Waals surface area contributed by atoms with Crippen LogP contribution < -0.4 is 15.4 Å². The first-order chi connectivity index (χ1) is 14.6. The van der Waals surface area contributed by atoms with Crippen LogP contribution in [-0.4, -0.2) is 29.9 Å². The Bertz CT molecular complexity index is 886. The number of rotatable bonds is 5. The van der Waals surface area contributed by atoms with Gasteiger partial charge in [-0.05, 0) is 56.4 Å². The Morgan fingerprint density at radius 2 is 1.77 bits per heavy atom. The summed E-state index contributed by atoms with van der Waals surface area (Å²) in [6.45, 7) is 0. The average Bonchev–Trinajstić information content (AvgIpc) is 3.00. The Hall–Kier alpha value is -2.41. The Balaban J connectivity index is 1.44. The largest absolute Gasteiger partial charge is 0.497 e. The number of aromatic nitrogens is 1. The second-order valence-electron chi connectivity index (χ2n) is 8.15. The molecule has 1 atom stereocenters. The lowest BCUT2D eigenvalue weighted by Gasteiger charge is -2.24.